The lowest BCUT2D eigenvalue weighted by Gasteiger charge is -2.31. The Morgan fingerprint density at radius 2 is 2.07 bits per heavy atom. The summed E-state index contributed by atoms with van der Waals surface area (Å²) < 4.78 is 12.4. The molecule has 2 heterocycles. The van der Waals surface area contributed by atoms with Gasteiger partial charge in [0.05, 0.1) is 6.04 Å². The number of hydrogen-bond acceptors (Lipinski definition) is 4. The van der Waals surface area contributed by atoms with Crippen LogP contribution < -0.4 is 14.8 Å². The van der Waals surface area contributed by atoms with E-state index in [1.807, 2.05) is 44.3 Å². The number of pyridine rings is 1. The van der Waals surface area contributed by atoms with Gasteiger partial charge in [0.2, 0.25) is 0 Å². The van der Waals surface area contributed by atoms with E-state index in [2.05, 4.69) is 10.3 Å². The van der Waals surface area contributed by atoms with Gasteiger partial charge in [0.1, 0.15) is 23.7 Å². The van der Waals surface area contributed by atoms with Crippen LogP contribution in [0.3, 0.4) is 0 Å². The van der Waals surface area contributed by atoms with E-state index in [9.17, 15) is 4.79 Å². The molecule has 148 valence electrons. The number of fused-ring (bicyclic) bond motifs is 3. The molecule has 1 amide bonds. The van der Waals surface area contributed by atoms with Gasteiger partial charge in [-0.05, 0) is 56.4 Å². The Balaban J connectivity index is 1.61. The van der Waals surface area contributed by atoms with Crippen molar-refractivity contribution in [3.8, 4) is 22.6 Å². The van der Waals surface area contributed by atoms with Gasteiger partial charge < -0.3 is 19.9 Å². The van der Waals surface area contributed by atoms with Crippen molar-refractivity contribution < 1.29 is 19.4 Å². The molecule has 1 aromatic carbocycles. The van der Waals surface area contributed by atoms with Gasteiger partial charge in [-0.15, -0.1) is 0 Å². The van der Waals surface area contributed by atoms with Gasteiger partial charge in [-0.1, -0.05) is 12.8 Å². The van der Waals surface area contributed by atoms with E-state index in [1.54, 1.807) is 6.20 Å². The van der Waals surface area contributed by atoms with Crippen LogP contribution in [-0.2, 0) is 0 Å². The number of rotatable bonds is 5. The number of nitrogens with one attached hydrogen (secondary N) is 1. The normalized spacial score (nSPS) is 20.4. The van der Waals surface area contributed by atoms with Crippen LogP contribution >= 0.6 is 0 Å². The van der Waals surface area contributed by atoms with Crippen molar-refractivity contribution in [2.45, 2.75) is 57.8 Å². The summed E-state index contributed by atoms with van der Waals surface area (Å²) in [6, 6.07) is 7.59. The maximum atomic E-state index is 11.1. The molecule has 2 unspecified atom stereocenters. The maximum absolute atomic E-state index is 11.1. The highest BCUT2D eigenvalue weighted by Gasteiger charge is 2.32. The fourth-order valence-electron chi connectivity index (χ4n) is 4.45. The van der Waals surface area contributed by atoms with Gasteiger partial charge in [0.25, 0.3) is 0 Å². The Labute approximate surface area is 164 Å². The zero-order valence-corrected chi connectivity index (χ0v) is 16.2. The molecule has 1 aliphatic heterocycles. The highest BCUT2D eigenvalue weighted by atomic mass is 16.5. The largest absolute Gasteiger partial charge is 0.488 e. The van der Waals surface area contributed by atoms with Crippen molar-refractivity contribution in [3.05, 3.63) is 42.2 Å². The molecule has 0 spiro atoms. The molecule has 1 aliphatic carbocycles. The molecule has 6 heteroatoms. The Kier molecular flexibility index (Phi) is 5.11. The van der Waals surface area contributed by atoms with Crippen LogP contribution in [0.15, 0.2) is 36.7 Å². The Hall–Kier alpha value is -2.76. The number of hydrogen-bond donors (Lipinski definition) is 2. The molecule has 2 N–H and O–H groups in total. The molecule has 1 aromatic heterocycles. The van der Waals surface area contributed by atoms with Crippen molar-refractivity contribution in [3.63, 3.8) is 0 Å². The lowest BCUT2D eigenvalue weighted by Crippen LogP contribution is -2.46. The quantitative estimate of drug-likeness (QED) is 0.777. The zero-order chi connectivity index (χ0) is 19.7. The second-order valence-electron chi connectivity index (χ2n) is 7.75. The van der Waals surface area contributed by atoms with Gasteiger partial charge in [-0.2, -0.15) is 0 Å². The fourth-order valence-corrected chi connectivity index (χ4v) is 4.45. The van der Waals surface area contributed by atoms with Crippen LogP contribution in [-0.4, -0.2) is 28.3 Å². The topological polar surface area (TPSA) is 80.7 Å². The number of carbonyl (C=O) groups is 1. The van der Waals surface area contributed by atoms with Crippen LogP contribution in [0.1, 0.15) is 51.2 Å². The van der Waals surface area contributed by atoms with Gasteiger partial charge >= 0.3 is 6.09 Å². The summed E-state index contributed by atoms with van der Waals surface area (Å²) in [5.41, 5.74) is 3.23. The van der Waals surface area contributed by atoms with Crippen LogP contribution in [0, 0.1) is 5.92 Å². The molecule has 28 heavy (non-hydrogen) atoms. The molecule has 3 atom stereocenters. The average molecular weight is 382 g/mol. The van der Waals surface area contributed by atoms with E-state index < -0.39 is 6.09 Å². The number of ether oxygens (including phenoxy) is 2. The van der Waals surface area contributed by atoms with Gasteiger partial charge in [0.15, 0.2) is 0 Å². The number of amides is 1. The van der Waals surface area contributed by atoms with E-state index in [1.165, 1.54) is 12.8 Å². The van der Waals surface area contributed by atoms with E-state index in [0.717, 1.165) is 35.3 Å². The smallest absolute Gasteiger partial charge is 0.404 e. The minimum Gasteiger partial charge on any atom is -0.488 e. The van der Waals surface area contributed by atoms with E-state index in [-0.39, 0.29) is 18.2 Å². The van der Waals surface area contributed by atoms with Gasteiger partial charge in [-0.3, -0.25) is 4.98 Å². The molecule has 0 bridgehead atoms. The Morgan fingerprint density at radius 1 is 1.29 bits per heavy atom. The zero-order valence-electron chi connectivity index (χ0n) is 16.2. The van der Waals surface area contributed by atoms with Crippen molar-refractivity contribution in [1.82, 2.24) is 10.3 Å². The van der Waals surface area contributed by atoms with Crippen LogP contribution in [0.4, 0.5) is 4.79 Å². The second kappa shape index (κ2) is 7.70. The maximum Gasteiger partial charge on any atom is 0.404 e. The Bertz CT molecular complexity index is 863. The standard InChI is InChI=1S/C22H26N2O4/c1-13(24-22(25)26)21(15-5-3-4-6-15)28-16-7-8-18-17-9-10-23-12-19(17)14(2)27-20(18)11-16/h7-15,21,24H,3-6H2,1-2H3,(H,25,26)/t13-,14?,21?/m0/s1. The van der Waals surface area contributed by atoms with Crippen LogP contribution in [0.25, 0.3) is 11.1 Å². The first-order chi connectivity index (χ1) is 13.5. The molecule has 1 fully saturated rings. The Morgan fingerprint density at radius 3 is 2.82 bits per heavy atom. The summed E-state index contributed by atoms with van der Waals surface area (Å²) in [6.45, 7) is 3.88. The minimum atomic E-state index is -1.02. The summed E-state index contributed by atoms with van der Waals surface area (Å²) in [4.78, 5) is 15.3. The van der Waals surface area contributed by atoms with Crippen LogP contribution in [0.5, 0.6) is 11.5 Å². The predicted molar refractivity (Wildman–Crippen MR) is 106 cm³/mol. The molecule has 2 aliphatic rings. The number of carboxylic acid groups (broad SMARTS) is 1. The van der Waals surface area contributed by atoms with Crippen LogP contribution in [0.2, 0.25) is 0 Å². The highest BCUT2D eigenvalue weighted by molar-refractivity contribution is 5.76. The fraction of sp³-hybridized carbons (Fsp3) is 0.455. The van der Waals surface area contributed by atoms with Gasteiger partial charge in [0, 0.05) is 29.6 Å². The number of nitrogens with zero attached hydrogens (tertiary/aromatic N) is 1. The lowest BCUT2D eigenvalue weighted by atomic mass is 9.94. The first-order valence-corrected chi connectivity index (χ1v) is 9.94. The first-order valence-electron chi connectivity index (χ1n) is 9.94. The molecular weight excluding hydrogens is 356 g/mol. The predicted octanol–water partition coefficient (Wildman–Crippen LogP) is 4.80. The van der Waals surface area contributed by atoms with E-state index >= 15 is 0 Å². The van der Waals surface area contributed by atoms with Crippen molar-refractivity contribution >= 4 is 6.09 Å². The third kappa shape index (κ3) is 3.63. The lowest BCUT2D eigenvalue weighted by molar-refractivity contribution is 0.0969. The summed E-state index contributed by atoms with van der Waals surface area (Å²) in [6.07, 6.45) is 6.80. The molecule has 6 nitrogen and oxygen atoms in total. The molecule has 2 aromatic rings. The summed E-state index contributed by atoms with van der Waals surface area (Å²) in [5, 5.41) is 11.7. The highest BCUT2D eigenvalue weighted by Crippen LogP contribution is 2.43. The molecule has 4 rings (SSSR count). The first kappa shape index (κ1) is 18.6. The van der Waals surface area contributed by atoms with Crippen molar-refractivity contribution in [2.75, 3.05) is 0 Å². The third-order valence-corrected chi connectivity index (χ3v) is 5.82. The van der Waals surface area contributed by atoms with E-state index in [0.29, 0.717) is 11.7 Å². The average Bonchev–Trinajstić information content (AvgIpc) is 3.20. The number of benzene rings is 1. The second-order valence-corrected chi connectivity index (χ2v) is 7.75. The number of aromatic nitrogens is 1. The third-order valence-electron chi connectivity index (χ3n) is 5.82. The summed E-state index contributed by atoms with van der Waals surface area (Å²) >= 11 is 0. The van der Waals surface area contributed by atoms with E-state index in [4.69, 9.17) is 14.6 Å². The molecule has 1 saturated carbocycles. The monoisotopic (exact) mass is 382 g/mol. The van der Waals surface area contributed by atoms with Gasteiger partial charge in [-0.25, -0.2) is 4.79 Å². The van der Waals surface area contributed by atoms with Crippen molar-refractivity contribution in [2.24, 2.45) is 5.92 Å². The molecule has 0 radical (unpaired) electrons. The molecular formula is C22H26N2O4. The van der Waals surface area contributed by atoms with Crippen molar-refractivity contribution in [1.29, 1.82) is 0 Å². The summed E-state index contributed by atoms with van der Waals surface area (Å²) in [7, 11) is 0. The summed E-state index contributed by atoms with van der Waals surface area (Å²) in [5.74, 6) is 1.84. The molecule has 0 saturated heterocycles. The minimum absolute atomic E-state index is 0.0790. The SMILES string of the molecule is CC1Oc2cc(OC(C3CCCC3)[C@H](C)NC(=O)O)ccc2-c2ccncc21.